The molecule has 0 amide bonds. The minimum atomic E-state index is 0.546. The normalized spacial score (nSPS) is 12.8. The van der Waals surface area contributed by atoms with Crippen LogP contribution in [0.1, 0.15) is 25.1 Å². The lowest BCUT2D eigenvalue weighted by atomic mass is 10.0. The maximum Gasteiger partial charge on any atom is 0.126 e. The van der Waals surface area contributed by atoms with Crippen LogP contribution in [-0.2, 0) is 0 Å². The third-order valence-electron chi connectivity index (χ3n) is 2.79. The van der Waals surface area contributed by atoms with Crippen LogP contribution in [0.2, 0.25) is 0 Å². The van der Waals surface area contributed by atoms with Crippen molar-refractivity contribution in [3.63, 3.8) is 0 Å². The summed E-state index contributed by atoms with van der Waals surface area (Å²) < 4.78 is 0. The van der Waals surface area contributed by atoms with Crippen LogP contribution in [0.15, 0.2) is 41.4 Å². The molecule has 0 atom stereocenters. The Morgan fingerprint density at radius 2 is 2.11 bits per heavy atom. The smallest absolute Gasteiger partial charge is 0.126 e. The van der Waals surface area contributed by atoms with Gasteiger partial charge in [-0.3, -0.25) is 0 Å². The Bertz CT molecular complexity index is 680. The van der Waals surface area contributed by atoms with E-state index in [1.54, 1.807) is 0 Å². The highest BCUT2D eigenvalue weighted by molar-refractivity contribution is 6.33. The van der Waals surface area contributed by atoms with E-state index in [0.29, 0.717) is 10.7 Å². The van der Waals surface area contributed by atoms with Crippen LogP contribution in [0, 0.1) is 11.3 Å². The Balaban J connectivity index is 2.85. The second-order valence-electron chi connectivity index (χ2n) is 3.98. The van der Waals surface area contributed by atoms with Crippen molar-refractivity contribution in [2.75, 3.05) is 0 Å². The van der Waals surface area contributed by atoms with E-state index in [9.17, 15) is 5.26 Å². The first-order valence-corrected chi connectivity index (χ1v) is 6.07. The summed E-state index contributed by atoms with van der Waals surface area (Å²) in [5, 5.41) is 10.9. The molecule has 0 spiro atoms. The molecule has 0 fully saturated rings. The minimum Gasteiger partial charge on any atom is -0.346 e. The third kappa shape index (κ3) is 2.05. The molecule has 1 heterocycles. The lowest BCUT2D eigenvalue weighted by Crippen LogP contribution is -1.86. The zero-order valence-corrected chi connectivity index (χ0v) is 11.0. The number of H-pyrrole nitrogens is 1. The van der Waals surface area contributed by atoms with Gasteiger partial charge in [-0.25, -0.2) is 0 Å². The third-order valence-corrected chi connectivity index (χ3v) is 3.00. The second kappa shape index (κ2) is 5.12. The number of nitriles is 1. The van der Waals surface area contributed by atoms with Crippen LogP contribution in [0.3, 0.4) is 0 Å². The fraction of sp³-hybridized carbons (Fsp3) is 0.133. The summed E-state index contributed by atoms with van der Waals surface area (Å²) in [6.45, 7) is 3.76. The van der Waals surface area contributed by atoms with Crippen LogP contribution < -0.4 is 0 Å². The number of allylic oxidation sites excluding steroid dienone is 4. The van der Waals surface area contributed by atoms with E-state index in [1.807, 2.05) is 50.3 Å². The van der Waals surface area contributed by atoms with Gasteiger partial charge in [-0.2, -0.15) is 5.26 Å². The molecule has 2 rings (SSSR count). The first kappa shape index (κ1) is 12.5. The topological polar surface area (TPSA) is 39.6 Å². The predicted molar refractivity (Wildman–Crippen MR) is 76.3 cm³/mol. The van der Waals surface area contributed by atoms with Gasteiger partial charge in [0.1, 0.15) is 11.8 Å². The van der Waals surface area contributed by atoms with Crippen molar-refractivity contribution in [3.05, 3.63) is 52.7 Å². The Hall–Kier alpha value is -1.98. The van der Waals surface area contributed by atoms with Crippen LogP contribution in [0.25, 0.3) is 16.5 Å². The largest absolute Gasteiger partial charge is 0.346 e. The first-order valence-electron chi connectivity index (χ1n) is 5.69. The van der Waals surface area contributed by atoms with Crippen molar-refractivity contribution in [2.45, 2.75) is 13.8 Å². The van der Waals surface area contributed by atoms with E-state index in [-0.39, 0.29) is 0 Å². The highest BCUT2D eigenvalue weighted by atomic mass is 35.5. The quantitative estimate of drug-likeness (QED) is 0.785. The van der Waals surface area contributed by atoms with E-state index >= 15 is 0 Å². The Kier molecular flexibility index (Phi) is 3.55. The molecule has 0 bridgehead atoms. The van der Waals surface area contributed by atoms with Gasteiger partial charge >= 0.3 is 0 Å². The molecule has 2 aromatic rings. The van der Waals surface area contributed by atoms with Crippen molar-refractivity contribution >= 4 is 28.1 Å². The average Bonchev–Trinajstić information content (AvgIpc) is 2.74. The second-order valence-corrected chi connectivity index (χ2v) is 4.55. The van der Waals surface area contributed by atoms with Gasteiger partial charge in [0, 0.05) is 21.5 Å². The van der Waals surface area contributed by atoms with E-state index < -0.39 is 0 Å². The molecule has 3 heteroatoms. The van der Waals surface area contributed by atoms with Crippen molar-refractivity contribution in [1.29, 1.82) is 5.26 Å². The van der Waals surface area contributed by atoms with Crippen LogP contribution in [0.4, 0.5) is 0 Å². The van der Waals surface area contributed by atoms with Gasteiger partial charge in [-0.1, -0.05) is 42.0 Å². The summed E-state index contributed by atoms with van der Waals surface area (Å²) in [7, 11) is 0. The number of nitrogens with one attached hydrogen (secondary N) is 1. The number of aromatic nitrogens is 1. The maximum absolute atomic E-state index is 9.25. The summed E-state index contributed by atoms with van der Waals surface area (Å²) in [6, 6.07) is 10.0. The van der Waals surface area contributed by atoms with Crippen molar-refractivity contribution in [2.24, 2.45) is 0 Å². The Morgan fingerprint density at radius 3 is 2.72 bits per heavy atom. The summed E-state index contributed by atoms with van der Waals surface area (Å²) in [6.07, 6.45) is 3.85. The molecule has 1 N–H and O–H groups in total. The molecule has 0 aliphatic rings. The molecule has 1 aromatic carbocycles. The van der Waals surface area contributed by atoms with Gasteiger partial charge in [-0.05, 0) is 25.5 Å². The van der Waals surface area contributed by atoms with Gasteiger partial charge in [0.25, 0.3) is 0 Å². The first-order chi connectivity index (χ1) is 8.69. The molecule has 0 radical (unpaired) electrons. The standard InChI is InChI=1S/C15H13ClN2/c1-3-6-11(10(2)16)15-12-7-4-5-8-13(12)18-14(15)9-17/h3-8,18H,1-2H3/b6-3-,11-10-. The molecular weight excluding hydrogens is 244 g/mol. The monoisotopic (exact) mass is 256 g/mol. The molecule has 0 saturated carbocycles. The molecule has 0 unspecified atom stereocenters. The van der Waals surface area contributed by atoms with Gasteiger partial charge in [0.2, 0.25) is 0 Å². The lowest BCUT2D eigenvalue weighted by Gasteiger charge is -2.03. The SMILES string of the molecule is C/C=C\C(=C(/C)Cl)c1c(C#N)[nH]c2ccccc12. The number of hydrogen-bond acceptors (Lipinski definition) is 1. The molecule has 18 heavy (non-hydrogen) atoms. The fourth-order valence-corrected chi connectivity index (χ4v) is 2.20. The van der Waals surface area contributed by atoms with Gasteiger partial charge in [-0.15, -0.1) is 0 Å². The number of aromatic amines is 1. The van der Waals surface area contributed by atoms with Crippen LogP contribution in [-0.4, -0.2) is 4.98 Å². The van der Waals surface area contributed by atoms with E-state index in [0.717, 1.165) is 22.0 Å². The summed E-state index contributed by atoms with van der Waals surface area (Å²) >= 11 is 6.15. The zero-order chi connectivity index (χ0) is 13.1. The number of hydrogen-bond donors (Lipinski definition) is 1. The Morgan fingerprint density at radius 1 is 1.39 bits per heavy atom. The summed E-state index contributed by atoms with van der Waals surface area (Å²) in [5.74, 6) is 0. The molecule has 0 aliphatic carbocycles. The number of rotatable bonds is 2. The Labute approximate surface area is 111 Å². The highest BCUT2D eigenvalue weighted by Gasteiger charge is 2.14. The van der Waals surface area contributed by atoms with Crippen LogP contribution in [0.5, 0.6) is 0 Å². The molecule has 2 nitrogen and oxygen atoms in total. The minimum absolute atomic E-state index is 0.546. The van der Waals surface area contributed by atoms with Crippen LogP contribution >= 0.6 is 11.6 Å². The van der Waals surface area contributed by atoms with E-state index in [2.05, 4.69) is 11.1 Å². The number of benzene rings is 1. The average molecular weight is 257 g/mol. The van der Waals surface area contributed by atoms with Gasteiger partial charge in [0.15, 0.2) is 0 Å². The summed E-state index contributed by atoms with van der Waals surface area (Å²) in [4.78, 5) is 3.12. The van der Waals surface area contributed by atoms with Gasteiger partial charge < -0.3 is 4.98 Å². The highest BCUT2D eigenvalue weighted by Crippen LogP contribution is 2.32. The molecule has 0 aliphatic heterocycles. The van der Waals surface area contributed by atoms with Crippen molar-refractivity contribution < 1.29 is 0 Å². The maximum atomic E-state index is 9.25. The fourth-order valence-electron chi connectivity index (χ4n) is 2.04. The lowest BCUT2D eigenvalue weighted by molar-refractivity contribution is 1.36. The summed E-state index contributed by atoms with van der Waals surface area (Å²) in [5.41, 5.74) is 3.25. The van der Waals surface area contributed by atoms with E-state index in [4.69, 9.17) is 11.6 Å². The number of halogens is 1. The van der Waals surface area contributed by atoms with Crippen molar-refractivity contribution in [3.8, 4) is 6.07 Å². The predicted octanol–water partition coefficient (Wildman–Crippen LogP) is 4.59. The molecular formula is C15H13ClN2. The molecule has 0 saturated heterocycles. The number of fused-ring (bicyclic) bond motifs is 1. The zero-order valence-electron chi connectivity index (χ0n) is 10.3. The van der Waals surface area contributed by atoms with Gasteiger partial charge in [0.05, 0.1) is 0 Å². The van der Waals surface area contributed by atoms with E-state index in [1.165, 1.54) is 0 Å². The molecule has 90 valence electrons. The number of para-hydroxylation sites is 1. The molecule has 1 aromatic heterocycles. The number of nitrogens with zero attached hydrogens (tertiary/aromatic N) is 1. The van der Waals surface area contributed by atoms with Crippen molar-refractivity contribution in [1.82, 2.24) is 4.98 Å².